The lowest BCUT2D eigenvalue weighted by Gasteiger charge is -2.15. The minimum atomic E-state index is -0.238. The highest BCUT2D eigenvalue weighted by Crippen LogP contribution is 2.23. The van der Waals surface area contributed by atoms with Crippen molar-refractivity contribution in [2.24, 2.45) is 0 Å². The minimum absolute atomic E-state index is 0.00736. The normalized spacial score (nSPS) is 17.8. The molecular formula is C18H24N4O3S. The summed E-state index contributed by atoms with van der Waals surface area (Å²) in [5.41, 5.74) is 1.53. The van der Waals surface area contributed by atoms with Gasteiger partial charge in [-0.3, -0.25) is 4.79 Å². The van der Waals surface area contributed by atoms with Crippen LogP contribution in [0, 0.1) is 0 Å². The predicted octanol–water partition coefficient (Wildman–Crippen LogP) is 1.92. The maximum atomic E-state index is 12.1. The molecule has 1 aliphatic heterocycles. The van der Waals surface area contributed by atoms with Gasteiger partial charge in [-0.15, -0.1) is 5.10 Å². The van der Waals surface area contributed by atoms with Crippen LogP contribution in [-0.2, 0) is 17.9 Å². The number of amides is 1. The van der Waals surface area contributed by atoms with Crippen LogP contribution in [0.2, 0.25) is 0 Å². The van der Waals surface area contributed by atoms with Crippen molar-refractivity contribution in [1.29, 1.82) is 0 Å². The number of nitrogens with one attached hydrogen (secondary N) is 1. The molecule has 26 heavy (non-hydrogen) atoms. The molecule has 1 aliphatic rings. The van der Waals surface area contributed by atoms with Crippen LogP contribution in [0.1, 0.15) is 37.1 Å². The zero-order chi connectivity index (χ0) is 18.4. The van der Waals surface area contributed by atoms with Gasteiger partial charge in [-0.25, -0.2) is 4.68 Å². The molecule has 0 bridgehead atoms. The summed E-state index contributed by atoms with van der Waals surface area (Å²) in [5.74, 6) is 2.75. The fourth-order valence-electron chi connectivity index (χ4n) is 2.80. The lowest BCUT2D eigenvalue weighted by molar-refractivity contribution is -0.122. The van der Waals surface area contributed by atoms with Gasteiger partial charge in [0.15, 0.2) is 0 Å². The average molecular weight is 376 g/mol. The highest BCUT2D eigenvalue weighted by molar-refractivity contribution is 7.99. The zero-order valence-electron chi connectivity index (χ0n) is 14.8. The van der Waals surface area contributed by atoms with Gasteiger partial charge in [0.2, 0.25) is 5.91 Å². The Hall–Kier alpha value is -2.06. The van der Waals surface area contributed by atoms with Gasteiger partial charge in [0, 0.05) is 11.8 Å². The third-order valence-electron chi connectivity index (χ3n) is 4.24. The van der Waals surface area contributed by atoms with Gasteiger partial charge in [-0.05, 0) is 36.3 Å². The summed E-state index contributed by atoms with van der Waals surface area (Å²) in [5, 5.41) is 20.4. The fraction of sp³-hybridized carbons (Fsp3) is 0.500. The number of hydrogen-bond donors (Lipinski definition) is 2. The number of aliphatic hydroxyl groups excluding tert-OH is 1. The highest BCUT2D eigenvalue weighted by atomic mass is 32.2. The van der Waals surface area contributed by atoms with Gasteiger partial charge in [-0.1, -0.05) is 24.3 Å². The third-order valence-corrected chi connectivity index (χ3v) is 5.40. The molecular weight excluding hydrogens is 352 g/mol. The first-order chi connectivity index (χ1) is 12.7. The van der Waals surface area contributed by atoms with Crippen LogP contribution in [0.5, 0.6) is 5.75 Å². The molecule has 8 heteroatoms. The maximum absolute atomic E-state index is 12.1. The molecule has 1 saturated heterocycles. The number of aliphatic hydroxyl groups is 1. The minimum Gasteiger partial charge on any atom is -0.484 e. The molecule has 140 valence electrons. The van der Waals surface area contributed by atoms with Crippen molar-refractivity contribution in [2.75, 3.05) is 11.5 Å². The summed E-state index contributed by atoms with van der Waals surface area (Å²) >= 11 is 1.86. The van der Waals surface area contributed by atoms with E-state index in [0.29, 0.717) is 11.4 Å². The third kappa shape index (κ3) is 4.98. The van der Waals surface area contributed by atoms with Gasteiger partial charge in [0.1, 0.15) is 24.1 Å². The summed E-state index contributed by atoms with van der Waals surface area (Å²) in [6.45, 7) is 2.18. The molecule has 3 rings (SSSR count). The van der Waals surface area contributed by atoms with Gasteiger partial charge >= 0.3 is 0 Å². The summed E-state index contributed by atoms with van der Waals surface area (Å²) < 4.78 is 7.52. The SMILES string of the molecule is CCC(Oc1ccc(CO)cc1)c1cn(CC(=O)NC2CCSC2)nn1. The summed E-state index contributed by atoms with van der Waals surface area (Å²) in [4.78, 5) is 12.1. The van der Waals surface area contributed by atoms with Gasteiger partial charge in [0.25, 0.3) is 0 Å². The lowest BCUT2D eigenvalue weighted by Crippen LogP contribution is -2.37. The molecule has 1 amide bonds. The topological polar surface area (TPSA) is 89.3 Å². The van der Waals surface area contributed by atoms with Crippen LogP contribution in [0.4, 0.5) is 0 Å². The molecule has 1 aromatic carbocycles. The van der Waals surface area contributed by atoms with E-state index >= 15 is 0 Å². The molecule has 2 atom stereocenters. The Labute approximate surface area is 157 Å². The number of carbonyl (C=O) groups excluding carboxylic acids is 1. The Morgan fingerprint density at radius 3 is 2.92 bits per heavy atom. The number of aromatic nitrogens is 3. The highest BCUT2D eigenvalue weighted by Gasteiger charge is 2.19. The van der Waals surface area contributed by atoms with Crippen molar-refractivity contribution in [3.63, 3.8) is 0 Å². The first-order valence-corrected chi connectivity index (χ1v) is 9.97. The summed E-state index contributed by atoms with van der Waals surface area (Å²) in [7, 11) is 0. The molecule has 7 nitrogen and oxygen atoms in total. The molecule has 0 saturated carbocycles. The molecule has 0 radical (unpaired) electrons. The molecule has 2 heterocycles. The van der Waals surface area contributed by atoms with Gasteiger partial charge < -0.3 is 15.2 Å². The predicted molar refractivity (Wildman–Crippen MR) is 99.9 cm³/mol. The van der Waals surface area contributed by atoms with Crippen molar-refractivity contribution < 1.29 is 14.6 Å². The second-order valence-electron chi connectivity index (χ2n) is 6.29. The van der Waals surface area contributed by atoms with E-state index in [2.05, 4.69) is 15.6 Å². The molecule has 2 N–H and O–H groups in total. The quantitative estimate of drug-likeness (QED) is 0.732. The first kappa shape index (κ1) is 18.7. The van der Waals surface area contributed by atoms with Gasteiger partial charge in [-0.2, -0.15) is 11.8 Å². The van der Waals surface area contributed by atoms with E-state index in [1.54, 1.807) is 10.9 Å². The van der Waals surface area contributed by atoms with E-state index in [1.165, 1.54) is 0 Å². The van der Waals surface area contributed by atoms with Crippen molar-refractivity contribution in [3.05, 3.63) is 41.7 Å². The van der Waals surface area contributed by atoms with Crippen LogP contribution in [-0.4, -0.2) is 43.6 Å². The largest absolute Gasteiger partial charge is 0.484 e. The molecule has 2 unspecified atom stereocenters. The fourth-order valence-corrected chi connectivity index (χ4v) is 3.95. The van der Waals surface area contributed by atoms with Crippen LogP contribution < -0.4 is 10.1 Å². The second kappa shape index (κ2) is 9.05. The zero-order valence-corrected chi connectivity index (χ0v) is 15.6. The lowest BCUT2D eigenvalue weighted by atomic mass is 10.2. The molecule has 1 fully saturated rings. The van der Waals surface area contributed by atoms with Crippen molar-refractivity contribution in [2.45, 2.75) is 45.1 Å². The second-order valence-corrected chi connectivity index (χ2v) is 7.44. The molecule has 0 spiro atoms. The van der Waals surface area contributed by atoms with E-state index < -0.39 is 0 Å². The standard InChI is InChI=1S/C18H24N4O3S/c1-2-17(25-15-5-3-13(11-23)4-6-15)16-9-22(21-20-16)10-18(24)19-14-7-8-26-12-14/h3-6,9,14,17,23H,2,7-8,10-12H2,1H3,(H,19,24). The van der Waals surface area contributed by atoms with Crippen molar-refractivity contribution in [1.82, 2.24) is 20.3 Å². The average Bonchev–Trinajstić information content (AvgIpc) is 3.32. The maximum Gasteiger partial charge on any atom is 0.242 e. The molecule has 0 aliphatic carbocycles. The monoisotopic (exact) mass is 376 g/mol. The number of thioether (sulfide) groups is 1. The Bertz CT molecular complexity index is 713. The Morgan fingerprint density at radius 1 is 1.46 bits per heavy atom. The number of ether oxygens (including phenoxy) is 1. The van der Waals surface area contributed by atoms with E-state index in [-0.39, 0.29) is 31.2 Å². The summed E-state index contributed by atoms with van der Waals surface area (Å²) in [6, 6.07) is 7.57. The Morgan fingerprint density at radius 2 is 2.27 bits per heavy atom. The van der Waals surface area contributed by atoms with Gasteiger partial charge in [0.05, 0.1) is 12.8 Å². The van der Waals surface area contributed by atoms with E-state index in [1.807, 2.05) is 43.0 Å². The Kier molecular flexibility index (Phi) is 6.51. The summed E-state index contributed by atoms with van der Waals surface area (Å²) in [6.07, 6.45) is 3.28. The van der Waals surface area contributed by atoms with Crippen molar-refractivity contribution in [3.8, 4) is 5.75 Å². The van der Waals surface area contributed by atoms with Crippen LogP contribution >= 0.6 is 11.8 Å². The number of rotatable bonds is 8. The van der Waals surface area contributed by atoms with Crippen LogP contribution in [0.15, 0.2) is 30.5 Å². The van der Waals surface area contributed by atoms with Crippen molar-refractivity contribution >= 4 is 17.7 Å². The van der Waals surface area contributed by atoms with Crippen LogP contribution in [0.25, 0.3) is 0 Å². The number of hydrogen-bond acceptors (Lipinski definition) is 6. The van der Waals surface area contributed by atoms with E-state index in [0.717, 1.165) is 29.9 Å². The smallest absolute Gasteiger partial charge is 0.242 e. The van der Waals surface area contributed by atoms with E-state index in [4.69, 9.17) is 9.84 Å². The number of carbonyl (C=O) groups is 1. The number of nitrogens with zero attached hydrogens (tertiary/aromatic N) is 3. The van der Waals surface area contributed by atoms with Crippen LogP contribution in [0.3, 0.4) is 0 Å². The van der Waals surface area contributed by atoms with E-state index in [9.17, 15) is 4.79 Å². The molecule has 2 aromatic rings. The molecule has 1 aromatic heterocycles. The Balaban J connectivity index is 1.57. The number of benzene rings is 1. The first-order valence-electron chi connectivity index (χ1n) is 8.81.